The van der Waals surface area contributed by atoms with Gasteiger partial charge >= 0.3 is 5.97 Å². The molecule has 0 atom stereocenters. The van der Waals surface area contributed by atoms with Crippen molar-refractivity contribution >= 4 is 11.7 Å². The summed E-state index contributed by atoms with van der Waals surface area (Å²) in [6.45, 7) is 1.72. The van der Waals surface area contributed by atoms with Crippen LogP contribution in [0, 0.1) is 10.1 Å². The van der Waals surface area contributed by atoms with E-state index in [1.54, 1.807) is 6.92 Å². The van der Waals surface area contributed by atoms with E-state index in [0.717, 1.165) is 13.2 Å². The average molecular weight is 225 g/mol. The summed E-state index contributed by atoms with van der Waals surface area (Å²) in [5, 5.41) is 20.3. The van der Waals surface area contributed by atoms with Gasteiger partial charge in [-0.2, -0.15) is 0 Å². The van der Waals surface area contributed by atoms with Gasteiger partial charge in [0, 0.05) is 17.7 Å². The number of ether oxygens (including phenoxy) is 1. The van der Waals surface area contributed by atoms with Crippen LogP contribution < -0.4 is 0 Å². The predicted molar refractivity (Wildman–Crippen MR) is 55.5 cm³/mol. The van der Waals surface area contributed by atoms with Crippen LogP contribution in [0.4, 0.5) is 5.69 Å². The van der Waals surface area contributed by atoms with Gasteiger partial charge in [0.1, 0.15) is 11.3 Å². The minimum Gasteiger partial charge on any atom is -0.507 e. The lowest BCUT2D eigenvalue weighted by Gasteiger charge is -2.06. The Kier molecular flexibility index (Phi) is 3.44. The SMILES string of the molecule is CCc1cc([N+](=O)[O-])cc(C(=O)OC)c1O. The number of methoxy groups -OCH3 is 1. The average Bonchev–Trinajstić information content (AvgIpc) is 2.28. The van der Waals surface area contributed by atoms with Gasteiger partial charge in [-0.05, 0) is 6.42 Å². The second kappa shape index (κ2) is 4.61. The maximum absolute atomic E-state index is 11.3. The summed E-state index contributed by atoms with van der Waals surface area (Å²) in [4.78, 5) is 21.3. The maximum Gasteiger partial charge on any atom is 0.341 e. The Bertz CT molecular complexity index is 441. The molecule has 0 bridgehead atoms. The van der Waals surface area contributed by atoms with Crippen molar-refractivity contribution in [1.29, 1.82) is 0 Å². The van der Waals surface area contributed by atoms with Crippen LogP contribution in [-0.4, -0.2) is 23.1 Å². The number of aryl methyl sites for hydroxylation is 1. The Hall–Kier alpha value is -2.11. The van der Waals surface area contributed by atoms with E-state index in [1.807, 2.05) is 0 Å². The fraction of sp³-hybridized carbons (Fsp3) is 0.300. The molecule has 6 heteroatoms. The van der Waals surface area contributed by atoms with Gasteiger partial charge in [-0.15, -0.1) is 0 Å². The molecule has 0 aliphatic heterocycles. The predicted octanol–water partition coefficient (Wildman–Crippen LogP) is 1.65. The van der Waals surface area contributed by atoms with Crippen LogP contribution in [0.5, 0.6) is 5.75 Å². The van der Waals surface area contributed by atoms with Gasteiger partial charge < -0.3 is 9.84 Å². The molecule has 0 saturated heterocycles. The van der Waals surface area contributed by atoms with Gasteiger partial charge in [0.15, 0.2) is 0 Å². The Balaban J connectivity index is 3.41. The van der Waals surface area contributed by atoms with Crippen LogP contribution in [0.15, 0.2) is 12.1 Å². The van der Waals surface area contributed by atoms with Gasteiger partial charge in [-0.3, -0.25) is 10.1 Å². The van der Waals surface area contributed by atoms with Gasteiger partial charge in [0.25, 0.3) is 5.69 Å². The van der Waals surface area contributed by atoms with E-state index in [1.165, 1.54) is 6.07 Å². The molecule has 0 fully saturated rings. The molecule has 0 aromatic heterocycles. The van der Waals surface area contributed by atoms with Crippen molar-refractivity contribution in [3.05, 3.63) is 33.4 Å². The first-order valence-electron chi connectivity index (χ1n) is 4.59. The van der Waals surface area contributed by atoms with Crippen LogP contribution in [0.2, 0.25) is 0 Å². The summed E-state index contributed by atoms with van der Waals surface area (Å²) in [6.07, 6.45) is 0.386. The summed E-state index contributed by atoms with van der Waals surface area (Å²) in [5.41, 5.74) is -0.0850. The fourth-order valence-corrected chi connectivity index (χ4v) is 1.32. The highest BCUT2D eigenvalue weighted by molar-refractivity contribution is 5.93. The Morgan fingerprint density at radius 2 is 2.19 bits per heavy atom. The van der Waals surface area contributed by atoms with Crippen molar-refractivity contribution in [3.63, 3.8) is 0 Å². The molecule has 1 aromatic carbocycles. The first kappa shape index (κ1) is 12.0. The minimum absolute atomic E-state index is 0.187. The largest absolute Gasteiger partial charge is 0.507 e. The van der Waals surface area contributed by atoms with Gasteiger partial charge in [0.2, 0.25) is 0 Å². The van der Waals surface area contributed by atoms with Crippen LogP contribution in [0.1, 0.15) is 22.8 Å². The molecule has 0 heterocycles. The number of nitro benzene ring substituents is 1. The van der Waals surface area contributed by atoms with E-state index in [2.05, 4.69) is 4.74 Å². The van der Waals surface area contributed by atoms with E-state index in [-0.39, 0.29) is 17.0 Å². The summed E-state index contributed by atoms with van der Waals surface area (Å²) in [5.74, 6) is -1.06. The molecule has 0 radical (unpaired) electrons. The molecule has 0 unspecified atom stereocenters. The molecule has 0 saturated carbocycles. The van der Waals surface area contributed by atoms with E-state index in [0.29, 0.717) is 12.0 Å². The van der Waals surface area contributed by atoms with Crippen molar-refractivity contribution in [1.82, 2.24) is 0 Å². The Morgan fingerprint density at radius 3 is 2.62 bits per heavy atom. The van der Waals surface area contributed by atoms with Crippen molar-refractivity contribution in [2.45, 2.75) is 13.3 Å². The summed E-state index contributed by atoms with van der Waals surface area (Å²) < 4.78 is 4.43. The zero-order valence-electron chi connectivity index (χ0n) is 8.89. The molecule has 6 nitrogen and oxygen atoms in total. The van der Waals surface area contributed by atoms with Crippen molar-refractivity contribution < 1.29 is 19.6 Å². The van der Waals surface area contributed by atoms with Gasteiger partial charge in [-0.1, -0.05) is 6.92 Å². The Labute approximate surface area is 91.6 Å². The minimum atomic E-state index is -0.795. The van der Waals surface area contributed by atoms with E-state index in [9.17, 15) is 20.0 Å². The molecular formula is C10H11NO5. The lowest BCUT2D eigenvalue weighted by Crippen LogP contribution is -2.04. The zero-order valence-corrected chi connectivity index (χ0v) is 8.89. The monoisotopic (exact) mass is 225 g/mol. The highest BCUT2D eigenvalue weighted by atomic mass is 16.6. The number of benzene rings is 1. The second-order valence-corrected chi connectivity index (χ2v) is 3.10. The first-order valence-corrected chi connectivity index (χ1v) is 4.59. The zero-order chi connectivity index (χ0) is 12.3. The van der Waals surface area contributed by atoms with Crippen molar-refractivity contribution in [3.8, 4) is 5.75 Å². The lowest BCUT2D eigenvalue weighted by molar-refractivity contribution is -0.385. The topological polar surface area (TPSA) is 89.7 Å². The third-order valence-corrected chi connectivity index (χ3v) is 2.17. The highest BCUT2D eigenvalue weighted by Gasteiger charge is 2.20. The van der Waals surface area contributed by atoms with Gasteiger partial charge in [0.05, 0.1) is 12.0 Å². The molecule has 0 aliphatic rings. The molecule has 16 heavy (non-hydrogen) atoms. The number of phenolic OH excluding ortho intramolecular Hbond substituents is 1. The third-order valence-electron chi connectivity index (χ3n) is 2.17. The number of aromatic hydroxyl groups is 1. The summed E-state index contributed by atoms with van der Waals surface area (Å²) in [7, 11) is 1.15. The maximum atomic E-state index is 11.3. The van der Waals surface area contributed by atoms with Crippen molar-refractivity contribution in [2.24, 2.45) is 0 Å². The van der Waals surface area contributed by atoms with E-state index in [4.69, 9.17) is 0 Å². The lowest BCUT2D eigenvalue weighted by atomic mass is 10.1. The molecule has 0 amide bonds. The second-order valence-electron chi connectivity index (χ2n) is 3.10. The van der Waals surface area contributed by atoms with Crippen LogP contribution in [0.25, 0.3) is 0 Å². The fourth-order valence-electron chi connectivity index (χ4n) is 1.32. The van der Waals surface area contributed by atoms with Crippen LogP contribution >= 0.6 is 0 Å². The first-order chi connectivity index (χ1) is 7.51. The highest BCUT2D eigenvalue weighted by Crippen LogP contribution is 2.29. The van der Waals surface area contributed by atoms with E-state index < -0.39 is 10.9 Å². The molecule has 0 spiro atoms. The molecule has 1 aromatic rings. The number of carbonyl (C=O) groups excluding carboxylic acids is 1. The molecule has 1 rings (SSSR count). The number of hydrogen-bond acceptors (Lipinski definition) is 5. The third kappa shape index (κ3) is 2.10. The molecule has 1 N–H and O–H groups in total. The number of nitrogens with zero attached hydrogens (tertiary/aromatic N) is 1. The molecule has 0 aliphatic carbocycles. The molecule has 86 valence electrons. The normalized spacial score (nSPS) is 9.88. The van der Waals surface area contributed by atoms with E-state index >= 15 is 0 Å². The number of carbonyl (C=O) groups is 1. The number of non-ortho nitro benzene ring substituents is 1. The number of nitro groups is 1. The number of rotatable bonds is 3. The molecular weight excluding hydrogens is 214 g/mol. The number of hydrogen-bond donors (Lipinski definition) is 1. The summed E-state index contributed by atoms with van der Waals surface area (Å²) >= 11 is 0. The Morgan fingerprint density at radius 1 is 1.56 bits per heavy atom. The van der Waals surface area contributed by atoms with Crippen molar-refractivity contribution in [2.75, 3.05) is 7.11 Å². The summed E-state index contributed by atoms with van der Waals surface area (Å²) in [6, 6.07) is 2.24. The van der Waals surface area contributed by atoms with Crippen LogP contribution in [0.3, 0.4) is 0 Å². The smallest absolute Gasteiger partial charge is 0.341 e. The number of phenols is 1. The van der Waals surface area contributed by atoms with Crippen LogP contribution in [-0.2, 0) is 11.2 Å². The standard InChI is InChI=1S/C10H11NO5/c1-3-6-4-7(11(14)15)5-8(9(6)12)10(13)16-2/h4-5,12H,3H2,1-2H3. The van der Waals surface area contributed by atoms with Gasteiger partial charge in [-0.25, -0.2) is 4.79 Å². The quantitative estimate of drug-likeness (QED) is 0.480. The number of esters is 1.